The molecule has 0 saturated carbocycles. The van der Waals surface area contributed by atoms with Crippen LogP contribution in [0.5, 0.6) is 5.75 Å². The number of benzene rings is 2. The van der Waals surface area contributed by atoms with Crippen LogP contribution in [0.2, 0.25) is 10.0 Å². The molecule has 0 fully saturated rings. The van der Waals surface area contributed by atoms with Crippen molar-refractivity contribution in [3.63, 3.8) is 0 Å². The maximum atomic E-state index is 12.7. The molecule has 2 aromatic heterocycles. The highest BCUT2D eigenvalue weighted by Gasteiger charge is 2.24. The van der Waals surface area contributed by atoms with Gasteiger partial charge in [0.25, 0.3) is 5.56 Å². The number of nitrogens with zero attached hydrogens (tertiary/aromatic N) is 2. The van der Waals surface area contributed by atoms with Crippen molar-refractivity contribution in [2.24, 2.45) is 5.10 Å². The molecule has 170 valence electrons. The molecule has 0 amide bonds. The van der Waals surface area contributed by atoms with Crippen LogP contribution in [0.1, 0.15) is 42.5 Å². The molecule has 0 atom stereocenters. The maximum Gasteiger partial charge on any atom is 0.251 e. The number of H-pyrrole nitrogens is 1. The molecule has 2 aromatic carbocycles. The minimum atomic E-state index is -0.224. The van der Waals surface area contributed by atoms with Crippen molar-refractivity contribution in [2.45, 2.75) is 32.6 Å². The van der Waals surface area contributed by atoms with Crippen molar-refractivity contribution in [3.8, 4) is 5.75 Å². The Kier molecular flexibility index (Phi) is 6.47. The number of hydrazone groups is 1. The van der Waals surface area contributed by atoms with Gasteiger partial charge in [-0.1, -0.05) is 73.5 Å². The number of fused-ring (bicyclic) bond motifs is 1. The second-order valence-corrected chi connectivity index (χ2v) is 10.6. The van der Waals surface area contributed by atoms with E-state index in [1.807, 2.05) is 30.3 Å². The van der Waals surface area contributed by atoms with E-state index >= 15 is 0 Å². The van der Waals surface area contributed by atoms with Gasteiger partial charge >= 0.3 is 0 Å². The van der Waals surface area contributed by atoms with Crippen molar-refractivity contribution >= 4 is 56.8 Å². The molecule has 2 heterocycles. The van der Waals surface area contributed by atoms with Crippen LogP contribution in [-0.4, -0.2) is 21.3 Å². The summed E-state index contributed by atoms with van der Waals surface area (Å²) in [5.41, 5.74) is 5.35. The fourth-order valence-corrected chi connectivity index (χ4v) is 5.10. The first-order valence-electron chi connectivity index (χ1n) is 10.2. The molecule has 0 bridgehead atoms. The third kappa shape index (κ3) is 5.21. The SMILES string of the molecule is CC(C)(C)c1nc(N/N=C/c2cc(Cl)cc(Cl)c2O)sc1Cc1cc2ccccc2[nH]c1=O. The molecule has 0 saturated heterocycles. The normalized spacial score (nSPS) is 12.0. The number of anilines is 1. The molecule has 0 radical (unpaired) electrons. The fourth-order valence-electron chi connectivity index (χ4n) is 3.44. The zero-order valence-corrected chi connectivity index (χ0v) is 20.6. The van der Waals surface area contributed by atoms with E-state index in [1.165, 1.54) is 23.6 Å². The molecule has 33 heavy (non-hydrogen) atoms. The average Bonchev–Trinajstić information content (AvgIpc) is 3.15. The quantitative estimate of drug-likeness (QED) is 0.220. The van der Waals surface area contributed by atoms with Crippen molar-refractivity contribution in [1.29, 1.82) is 0 Å². The molecule has 6 nitrogen and oxygen atoms in total. The van der Waals surface area contributed by atoms with E-state index in [9.17, 15) is 9.90 Å². The van der Waals surface area contributed by atoms with Crippen LogP contribution in [0.3, 0.4) is 0 Å². The summed E-state index contributed by atoms with van der Waals surface area (Å²) < 4.78 is 0. The van der Waals surface area contributed by atoms with Gasteiger partial charge in [-0.25, -0.2) is 4.98 Å². The van der Waals surface area contributed by atoms with E-state index in [0.717, 1.165) is 21.5 Å². The Labute approximate surface area is 204 Å². The topological polar surface area (TPSA) is 90.4 Å². The summed E-state index contributed by atoms with van der Waals surface area (Å²) in [5, 5.41) is 16.4. The van der Waals surface area contributed by atoms with Gasteiger partial charge in [-0.3, -0.25) is 10.2 Å². The van der Waals surface area contributed by atoms with Gasteiger partial charge in [0, 0.05) is 38.4 Å². The first kappa shape index (κ1) is 23.3. The number of para-hydroxylation sites is 1. The number of rotatable bonds is 5. The summed E-state index contributed by atoms with van der Waals surface area (Å²) in [7, 11) is 0. The first-order valence-corrected chi connectivity index (χ1v) is 11.8. The zero-order valence-electron chi connectivity index (χ0n) is 18.2. The van der Waals surface area contributed by atoms with Gasteiger partial charge in [-0.2, -0.15) is 5.10 Å². The van der Waals surface area contributed by atoms with Gasteiger partial charge in [-0.05, 0) is 29.7 Å². The molecule has 0 spiro atoms. The van der Waals surface area contributed by atoms with E-state index in [0.29, 0.717) is 27.7 Å². The van der Waals surface area contributed by atoms with Gasteiger partial charge in [-0.15, -0.1) is 0 Å². The van der Waals surface area contributed by atoms with Crippen molar-refractivity contribution < 1.29 is 5.11 Å². The van der Waals surface area contributed by atoms with E-state index in [-0.39, 0.29) is 21.7 Å². The van der Waals surface area contributed by atoms with Gasteiger partial charge in [0.2, 0.25) is 5.13 Å². The van der Waals surface area contributed by atoms with E-state index in [2.05, 4.69) is 36.3 Å². The van der Waals surface area contributed by atoms with Crippen LogP contribution < -0.4 is 11.0 Å². The number of thiazole rings is 1. The van der Waals surface area contributed by atoms with Gasteiger partial charge < -0.3 is 10.1 Å². The number of pyridine rings is 1. The highest BCUT2D eigenvalue weighted by molar-refractivity contribution is 7.15. The minimum Gasteiger partial charge on any atom is -0.506 e. The lowest BCUT2D eigenvalue weighted by Crippen LogP contribution is -2.17. The molecular formula is C24H22Cl2N4O2S. The van der Waals surface area contributed by atoms with Crippen LogP contribution in [-0.2, 0) is 11.8 Å². The number of phenolic OH excluding ortho intramolecular Hbond substituents is 1. The van der Waals surface area contributed by atoms with Crippen molar-refractivity contribution in [3.05, 3.63) is 84.6 Å². The van der Waals surface area contributed by atoms with Gasteiger partial charge in [0.05, 0.1) is 16.9 Å². The lowest BCUT2D eigenvalue weighted by molar-refractivity contribution is 0.475. The summed E-state index contributed by atoms with van der Waals surface area (Å²) in [6.07, 6.45) is 1.89. The van der Waals surface area contributed by atoms with E-state index in [4.69, 9.17) is 28.2 Å². The Balaban J connectivity index is 1.63. The third-order valence-electron chi connectivity index (χ3n) is 5.01. The zero-order chi connectivity index (χ0) is 23.8. The standard InChI is InChI=1S/C24H22Cl2N4O2S/c1-24(2,3)21-19(10-14-8-13-6-4-5-7-18(13)28-22(14)32)33-23(29-21)30-27-12-15-9-16(25)11-17(26)20(15)31/h4-9,11-12,31H,10H2,1-3H3,(H,28,32)(H,29,30)/b27-12+. The maximum absolute atomic E-state index is 12.7. The number of nitrogens with one attached hydrogen (secondary N) is 2. The molecule has 4 rings (SSSR count). The Bertz CT molecular complexity index is 1420. The highest BCUT2D eigenvalue weighted by atomic mass is 35.5. The smallest absolute Gasteiger partial charge is 0.251 e. The Morgan fingerprint density at radius 3 is 2.73 bits per heavy atom. The van der Waals surface area contributed by atoms with Gasteiger partial charge in [0.15, 0.2) is 0 Å². The summed E-state index contributed by atoms with van der Waals surface area (Å²) in [5.74, 6) is -0.0997. The Morgan fingerprint density at radius 1 is 1.21 bits per heavy atom. The highest BCUT2D eigenvalue weighted by Crippen LogP contribution is 2.34. The lowest BCUT2D eigenvalue weighted by atomic mass is 9.90. The fraction of sp³-hybridized carbons (Fsp3) is 0.208. The van der Waals surface area contributed by atoms with E-state index in [1.54, 1.807) is 6.07 Å². The number of aromatic nitrogens is 2. The third-order valence-corrected chi connectivity index (χ3v) is 6.48. The van der Waals surface area contributed by atoms with Crippen molar-refractivity contribution in [2.75, 3.05) is 5.43 Å². The number of hydrogen-bond donors (Lipinski definition) is 3. The van der Waals surface area contributed by atoms with Crippen LogP contribution in [0, 0.1) is 0 Å². The average molecular weight is 501 g/mol. The summed E-state index contributed by atoms with van der Waals surface area (Å²) in [4.78, 5) is 21.3. The lowest BCUT2D eigenvalue weighted by Gasteiger charge is -2.17. The second kappa shape index (κ2) is 9.17. The predicted octanol–water partition coefficient (Wildman–Crippen LogP) is 6.33. The summed E-state index contributed by atoms with van der Waals surface area (Å²) in [6, 6.07) is 12.7. The molecule has 0 aliphatic carbocycles. The van der Waals surface area contributed by atoms with Crippen molar-refractivity contribution in [1.82, 2.24) is 9.97 Å². The molecule has 0 unspecified atom stereocenters. The first-order chi connectivity index (χ1) is 15.6. The molecule has 0 aliphatic heterocycles. The molecular weight excluding hydrogens is 479 g/mol. The number of aromatic amines is 1. The number of halogens is 2. The van der Waals surface area contributed by atoms with Crippen LogP contribution >= 0.6 is 34.5 Å². The Hall–Kier alpha value is -2.87. The molecule has 4 aromatic rings. The molecule has 0 aliphatic rings. The number of hydrogen-bond acceptors (Lipinski definition) is 6. The largest absolute Gasteiger partial charge is 0.506 e. The number of aromatic hydroxyl groups is 1. The van der Waals surface area contributed by atoms with Crippen LogP contribution in [0.15, 0.2) is 52.4 Å². The van der Waals surface area contributed by atoms with E-state index < -0.39 is 0 Å². The molecule has 3 N–H and O–H groups in total. The van der Waals surface area contributed by atoms with Crippen LogP contribution in [0.4, 0.5) is 5.13 Å². The minimum absolute atomic E-state index is 0.0997. The van der Waals surface area contributed by atoms with Gasteiger partial charge in [0.1, 0.15) is 5.75 Å². The second-order valence-electron chi connectivity index (χ2n) is 8.62. The monoisotopic (exact) mass is 500 g/mol. The van der Waals surface area contributed by atoms with Crippen LogP contribution in [0.25, 0.3) is 10.9 Å². The summed E-state index contributed by atoms with van der Waals surface area (Å²) in [6.45, 7) is 6.24. The summed E-state index contributed by atoms with van der Waals surface area (Å²) >= 11 is 13.4. The molecule has 9 heteroatoms. The predicted molar refractivity (Wildman–Crippen MR) is 138 cm³/mol. The number of phenols is 1. The Morgan fingerprint density at radius 2 is 1.97 bits per heavy atom.